The van der Waals surface area contributed by atoms with Crippen molar-refractivity contribution in [2.75, 3.05) is 0 Å². The van der Waals surface area contributed by atoms with E-state index in [1.165, 1.54) is 32.1 Å². The highest BCUT2D eigenvalue weighted by atomic mass is 16.2. The molecule has 1 fully saturated rings. The predicted molar refractivity (Wildman–Crippen MR) is 80.8 cm³/mol. The first-order valence-electron chi connectivity index (χ1n) is 8.24. The van der Waals surface area contributed by atoms with Gasteiger partial charge in [0.05, 0.1) is 0 Å². The quantitative estimate of drug-likeness (QED) is 0.780. The molecule has 4 heteroatoms. The van der Waals surface area contributed by atoms with E-state index < -0.39 is 0 Å². The van der Waals surface area contributed by atoms with Crippen molar-refractivity contribution in [3.63, 3.8) is 0 Å². The molecule has 2 N–H and O–H groups in total. The largest absolute Gasteiger partial charge is 0.273 e. The summed E-state index contributed by atoms with van der Waals surface area (Å²) in [7, 11) is 0. The standard InChI is InChI=1S/C16H30N2O2/c1-3-13(2)15(19)17-18-16(20)14-11-9-7-5-4-6-8-10-12-14/h13-14H,3-12H2,1-2H3,(H,17,19)(H,18,20). The Bertz CT molecular complexity index is 295. The first-order valence-corrected chi connectivity index (χ1v) is 8.24. The summed E-state index contributed by atoms with van der Waals surface area (Å²) in [5, 5.41) is 0. The zero-order valence-electron chi connectivity index (χ0n) is 13.0. The monoisotopic (exact) mass is 282 g/mol. The molecule has 1 aliphatic carbocycles. The average Bonchev–Trinajstić information content (AvgIpc) is 2.48. The summed E-state index contributed by atoms with van der Waals surface area (Å²) in [4.78, 5) is 23.8. The lowest BCUT2D eigenvalue weighted by Gasteiger charge is -2.19. The van der Waals surface area contributed by atoms with Crippen LogP contribution in [0, 0.1) is 11.8 Å². The molecular weight excluding hydrogens is 252 g/mol. The molecule has 1 rings (SSSR count). The van der Waals surface area contributed by atoms with E-state index in [1.54, 1.807) is 0 Å². The second-order valence-corrected chi connectivity index (χ2v) is 6.04. The minimum atomic E-state index is -0.0966. The van der Waals surface area contributed by atoms with E-state index in [4.69, 9.17) is 0 Å². The maximum absolute atomic E-state index is 12.2. The van der Waals surface area contributed by atoms with Crippen molar-refractivity contribution in [2.24, 2.45) is 11.8 Å². The molecule has 2 amide bonds. The van der Waals surface area contributed by atoms with E-state index in [2.05, 4.69) is 10.9 Å². The third kappa shape index (κ3) is 6.40. The maximum atomic E-state index is 12.2. The molecular formula is C16H30N2O2. The fourth-order valence-corrected chi connectivity index (χ4v) is 2.61. The highest BCUT2D eigenvalue weighted by molar-refractivity contribution is 5.84. The van der Waals surface area contributed by atoms with Gasteiger partial charge in [0.15, 0.2) is 0 Å². The zero-order valence-corrected chi connectivity index (χ0v) is 13.0. The molecule has 0 aliphatic heterocycles. The minimum absolute atomic E-state index is 0.0118. The van der Waals surface area contributed by atoms with E-state index in [-0.39, 0.29) is 23.7 Å². The van der Waals surface area contributed by atoms with E-state index in [0.29, 0.717) is 0 Å². The third-order valence-corrected chi connectivity index (χ3v) is 4.34. The van der Waals surface area contributed by atoms with Crippen molar-refractivity contribution in [1.29, 1.82) is 0 Å². The fraction of sp³-hybridized carbons (Fsp3) is 0.875. The van der Waals surface area contributed by atoms with Crippen LogP contribution in [0.3, 0.4) is 0 Å². The summed E-state index contributed by atoms with van der Waals surface area (Å²) in [6, 6.07) is 0. The van der Waals surface area contributed by atoms with Gasteiger partial charge in [-0.15, -0.1) is 0 Å². The van der Waals surface area contributed by atoms with Gasteiger partial charge in [-0.05, 0) is 19.3 Å². The molecule has 0 saturated heterocycles. The van der Waals surface area contributed by atoms with Crippen LogP contribution >= 0.6 is 0 Å². The Morgan fingerprint density at radius 2 is 1.45 bits per heavy atom. The maximum Gasteiger partial charge on any atom is 0.241 e. The molecule has 1 aliphatic rings. The molecule has 4 nitrogen and oxygen atoms in total. The van der Waals surface area contributed by atoms with Crippen LogP contribution in [0.1, 0.15) is 78.1 Å². The molecule has 0 bridgehead atoms. The van der Waals surface area contributed by atoms with E-state index in [0.717, 1.165) is 32.1 Å². The molecule has 0 aromatic rings. The van der Waals surface area contributed by atoms with Gasteiger partial charge in [0.25, 0.3) is 0 Å². The van der Waals surface area contributed by atoms with Gasteiger partial charge in [-0.25, -0.2) is 0 Å². The Hall–Kier alpha value is -1.06. The Morgan fingerprint density at radius 3 is 1.95 bits per heavy atom. The summed E-state index contributed by atoms with van der Waals surface area (Å²) >= 11 is 0. The van der Waals surface area contributed by atoms with Gasteiger partial charge < -0.3 is 0 Å². The van der Waals surface area contributed by atoms with Crippen LogP contribution in [-0.2, 0) is 9.59 Å². The number of amides is 2. The smallest absolute Gasteiger partial charge is 0.241 e. The second kappa shape index (κ2) is 9.78. The van der Waals surface area contributed by atoms with Gasteiger partial charge in [0, 0.05) is 11.8 Å². The van der Waals surface area contributed by atoms with E-state index >= 15 is 0 Å². The Balaban J connectivity index is 2.36. The highest BCUT2D eigenvalue weighted by Gasteiger charge is 2.19. The predicted octanol–water partition coefficient (Wildman–Crippen LogP) is 3.32. The molecule has 1 unspecified atom stereocenters. The number of nitrogens with one attached hydrogen (secondary N) is 2. The van der Waals surface area contributed by atoms with Crippen molar-refractivity contribution in [3.05, 3.63) is 0 Å². The summed E-state index contributed by atoms with van der Waals surface area (Å²) in [5.74, 6) is -0.104. The second-order valence-electron chi connectivity index (χ2n) is 6.04. The first kappa shape index (κ1) is 17.0. The molecule has 1 saturated carbocycles. The van der Waals surface area contributed by atoms with Gasteiger partial charge in [0.2, 0.25) is 11.8 Å². The normalized spacial score (nSPS) is 19.9. The summed E-state index contributed by atoms with van der Waals surface area (Å²) in [5.41, 5.74) is 5.17. The molecule has 0 radical (unpaired) electrons. The van der Waals surface area contributed by atoms with Crippen LogP contribution in [0.2, 0.25) is 0 Å². The van der Waals surface area contributed by atoms with Gasteiger partial charge in [-0.2, -0.15) is 0 Å². The number of rotatable bonds is 3. The molecule has 20 heavy (non-hydrogen) atoms. The summed E-state index contributed by atoms with van der Waals surface area (Å²) < 4.78 is 0. The Morgan fingerprint density at radius 1 is 0.950 bits per heavy atom. The van der Waals surface area contributed by atoms with Crippen molar-refractivity contribution in [3.8, 4) is 0 Å². The molecule has 0 aromatic heterocycles. The van der Waals surface area contributed by atoms with Crippen molar-refractivity contribution in [1.82, 2.24) is 10.9 Å². The Labute approximate surface area is 123 Å². The topological polar surface area (TPSA) is 58.2 Å². The van der Waals surface area contributed by atoms with Crippen LogP contribution < -0.4 is 10.9 Å². The average molecular weight is 282 g/mol. The molecule has 0 aromatic carbocycles. The lowest BCUT2D eigenvalue weighted by molar-refractivity contribution is -0.133. The third-order valence-electron chi connectivity index (χ3n) is 4.34. The molecule has 1 atom stereocenters. The van der Waals surface area contributed by atoms with Gasteiger partial charge in [-0.3, -0.25) is 20.4 Å². The number of hydrogen-bond donors (Lipinski definition) is 2. The SMILES string of the molecule is CCC(C)C(=O)NNC(=O)C1CCCCCCCCC1. The fourth-order valence-electron chi connectivity index (χ4n) is 2.61. The molecule has 0 heterocycles. The van der Waals surface area contributed by atoms with Gasteiger partial charge in [0.1, 0.15) is 0 Å². The van der Waals surface area contributed by atoms with Crippen LogP contribution in [0.4, 0.5) is 0 Å². The minimum Gasteiger partial charge on any atom is -0.273 e. The lowest BCUT2D eigenvalue weighted by Crippen LogP contribution is -2.46. The van der Waals surface area contributed by atoms with Crippen LogP contribution in [0.25, 0.3) is 0 Å². The van der Waals surface area contributed by atoms with Crippen molar-refractivity contribution >= 4 is 11.8 Å². The van der Waals surface area contributed by atoms with E-state index in [1.807, 2.05) is 13.8 Å². The summed E-state index contributed by atoms with van der Waals surface area (Å²) in [6.07, 6.45) is 11.3. The highest BCUT2D eigenvalue weighted by Crippen LogP contribution is 2.21. The van der Waals surface area contributed by atoms with Crippen LogP contribution in [0.15, 0.2) is 0 Å². The van der Waals surface area contributed by atoms with Crippen molar-refractivity contribution in [2.45, 2.75) is 78.1 Å². The van der Waals surface area contributed by atoms with Crippen LogP contribution in [0.5, 0.6) is 0 Å². The van der Waals surface area contributed by atoms with Crippen molar-refractivity contribution < 1.29 is 9.59 Å². The zero-order chi connectivity index (χ0) is 14.8. The number of hydrogen-bond acceptors (Lipinski definition) is 2. The molecule has 116 valence electrons. The first-order chi connectivity index (χ1) is 9.65. The number of carbonyl (C=O) groups is 2. The number of carbonyl (C=O) groups excluding carboxylic acids is 2. The Kier molecular flexibility index (Phi) is 8.31. The lowest BCUT2D eigenvalue weighted by atomic mass is 9.92. The van der Waals surface area contributed by atoms with E-state index in [9.17, 15) is 9.59 Å². The summed E-state index contributed by atoms with van der Waals surface area (Å²) in [6.45, 7) is 3.83. The van der Waals surface area contributed by atoms with Gasteiger partial charge in [-0.1, -0.05) is 58.8 Å². The van der Waals surface area contributed by atoms with Crippen LogP contribution in [-0.4, -0.2) is 11.8 Å². The number of hydrazine groups is 1. The molecule has 0 spiro atoms. The van der Waals surface area contributed by atoms with Gasteiger partial charge >= 0.3 is 0 Å².